The standard InChI is InChI=1S/C26H35ClN2O3/c1-18(2)16-29(17-21-13-23(27)25-24(14-21)31-11-8-12-32-25)26(30)19(3)15-28-20(4)22-9-6-5-7-10-22/h5-7,9-10,13-14,18-20,28H,8,11-12,15-17H2,1-4H3. The van der Waals surface area contributed by atoms with Crippen LogP contribution in [-0.2, 0) is 11.3 Å². The minimum Gasteiger partial charge on any atom is -0.489 e. The van der Waals surface area contributed by atoms with Crippen LogP contribution in [0.3, 0.4) is 0 Å². The van der Waals surface area contributed by atoms with Crippen molar-refractivity contribution in [2.75, 3.05) is 26.3 Å². The summed E-state index contributed by atoms with van der Waals surface area (Å²) < 4.78 is 11.6. The van der Waals surface area contributed by atoms with Gasteiger partial charge in [0, 0.05) is 38.0 Å². The molecular formula is C26H35ClN2O3. The molecule has 0 aliphatic carbocycles. The van der Waals surface area contributed by atoms with Gasteiger partial charge in [0.15, 0.2) is 11.5 Å². The van der Waals surface area contributed by atoms with Crippen LogP contribution in [0.4, 0.5) is 0 Å². The number of carbonyl (C=O) groups excluding carboxylic acids is 1. The van der Waals surface area contributed by atoms with Crippen molar-refractivity contribution >= 4 is 17.5 Å². The van der Waals surface area contributed by atoms with E-state index in [9.17, 15) is 4.79 Å². The second-order valence-electron chi connectivity index (χ2n) is 9.01. The van der Waals surface area contributed by atoms with Gasteiger partial charge >= 0.3 is 0 Å². The second kappa shape index (κ2) is 11.6. The number of nitrogens with one attached hydrogen (secondary N) is 1. The summed E-state index contributed by atoms with van der Waals surface area (Å²) in [5.41, 5.74) is 2.17. The van der Waals surface area contributed by atoms with Gasteiger partial charge < -0.3 is 19.7 Å². The lowest BCUT2D eigenvalue weighted by Crippen LogP contribution is -2.41. The molecule has 2 atom stereocenters. The fourth-order valence-corrected chi connectivity index (χ4v) is 4.17. The first kappa shape index (κ1) is 24.4. The van der Waals surface area contributed by atoms with E-state index < -0.39 is 0 Å². The van der Waals surface area contributed by atoms with Crippen LogP contribution in [0.1, 0.15) is 51.3 Å². The van der Waals surface area contributed by atoms with Crippen LogP contribution in [-0.4, -0.2) is 37.1 Å². The predicted octanol–water partition coefficient (Wildman–Crippen LogP) is 5.47. The first-order valence-electron chi connectivity index (χ1n) is 11.5. The fraction of sp³-hybridized carbons (Fsp3) is 0.500. The summed E-state index contributed by atoms with van der Waals surface area (Å²) >= 11 is 6.48. The summed E-state index contributed by atoms with van der Waals surface area (Å²) in [4.78, 5) is 15.3. The molecule has 0 aromatic heterocycles. The summed E-state index contributed by atoms with van der Waals surface area (Å²) in [5, 5.41) is 4.03. The Labute approximate surface area is 197 Å². The highest BCUT2D eigenvalue weighted by Crippen LogP contribution is 2.38. The van der Waals surface area contributed by atoms with Gasteiger partial charge in [0.05, 0.1) is 18.2 Å². The SMILES string of the molecule is CC(C)CN(Cc1cc(Cl)c2c(c1)OCCCO2)C(=O)C(C)CNC(C)c1ccccc1. The zero-order chi connectivity index (χ0) is 23.1. The Bertz CT molecular complexity index is 888. The van der Waals surface area contributed by atoms with Crippen LogP contribution in [0.5, 0.6) is 11.5 Å². The molecule has 6 heteroatoms. The number of amides is 1. The highest BCUT2D eigenvalue weighted by Gasteiger charge is 2.24. The molecule has 32 heavy (non-hydrogen) atoms. The van der Waals surface area contributed by atoms with Gasteiger partial charge in [-0.1, -0.05) is 62.7 Å². The maximum Gasteiger partial charge on any atom is 0.226 e. The Balaban J connectivity index is 1.68. The van der Waals surface area contributed by atoms with Gasteiger partial charge in [-0.15, -0.1) is 0 Å². The number of rotatable bonds is 9. The van der Waals surface area contributed by atoms with Gasteiger partial charge in [-0.2, -0.15) is 0 Å². The van der Waals surface area contributed by atoms with E-state index in [-0.39, 0.29) is 17.9 Å². The fourth-order valence-electron chi connectivity index (χ4n) is 3.88. The summed E-state index contributed by atoms with van der Waals surface area (Å²) in [6, 6.07) is 14.3. The number of fused-ring (bicyclic) bond motifs is 1. The van der Waals surface area contributed by atoms with Crippen molar-refractivity contribution in [1.82, 2.24) is 10.2 Å². The normalized spacial score (nSPS) is 15.2. The van der Waals surface area contributed by atoms with Gasteiger partial charge in [-0.05, 0) is 36.1 Å². The third-order valence-electron chi connectivity index (χ3n) is 5.58. The van der Waals surface area contributed by atoms with Crippen LogP contribution < -0.4 is 14.8 Å². The van der Waals surface area contributed by atoms with Crippen LogP contribution in [0.15, 0.2) is 42.5 Å². The average Bonchev–Trinajstić information content (AvgIpc) is 3.02. The molecule has 1 amide bonds. The number of hydrogen-bond donors (Lipinski definition) is 1. The topological polar surface area (TPSA) is 50.8 Å². The molecule has 0 saturated heterocycles. The molecule has 0 bridgehead atoms. The highest BCUT2D eigenvalue weighted by molar-refractivity contribution is 6.32. The molecule has 0 saturated carbocycles. The zero-order valence-electron chi connectivity index (χ0n) is 19.6. The molecular weight excluding hydrogens is 424 g/mol. The number of ether oxygens (including phenoxy) is 2. The van der Waals surface area contributed by atoms with Gasteiger partial charge in [0.1, 0.15) is 0 Å². The molecule has 2 unspecified atom stereocenters. The number of halogens is 1. The van der Waals surface area contributed by atoms with Crippen molar-refractivity contribution < 1.29 is 14.3 Å². The van der Waals surface area contributed by atoms with E-state index in [1.54, 1.807) is 0 Å². The summed E-state index contributed by atoms with van der Waals surface area (Å²) in [6.07, 6.45) is 0.824. The monoisotopic (exact) mass is 458 g/mol. The Kier molecular flexibility index (Phi) is 8.83. The maximum atomic E-state index is 13.4. The van der Waals surface area contributed by atoms with E-state index in [1.165, 1.54) is 5.56 Å². The van der Waals surface area contributed by atoms with E-state index in [1.807, 2.05) is 42.2 Å². The van der Waals surface area contributed by atoms with E-state index in [4.69, 9.17) is 21.1 Å². The van der Waals surface area contributed by atoms with Crippen molar-refractivity contribution in [2.24, 2.45) is 11.8 Å². The quantitative estimate of drug-likeness (QED) is 0.541. The van der Waals surface area contributed by atoms with Gasteiger partial charge in [0.2, 0.25) is 5.91 Å². The van der Waals surface area contributed by atoms with Crippen molar-refractivity contribution in [2.45, 2.75) is 46.7 Å². The molecule has 1 aliphatic rings. The first-order valence-corrected chi connectivity index (χ1v) is 11.9. The van der Waals surface area contributed by atoms with Crippen molar-refractivity contribution in [3.63, 3.8) is 0 Å². The van der Waals surface area contributed by atoms with E-state index in [0.717, 1.165) is 12.0 Å². The van der Waals surface area contributed by atoms with Gasteiger partial charge in [-0.3, -0.25) is 4.79 Å². The maximum absolute atomic E-state index is 13.4. The Hall–Kier alpha value is -2.24. The molecule has 1 N–H and O–H groups in total. The summed E-state index contributed by atoms with van der Waals surface area (Å²) in [6.45, 7) is 11.4. The van der Waals surface area contributed by atoms with E-state index in [2.05, 4.69) is 38.2 Å². The summed E-state index contributed by atoms with van der Waals surface area (Å²) in [7, 11) is 0. The Morgan fingerprint density at radius 3 is 2.53 bits per heavy atom. The van der Waals surface area contributed by atoms with Crippen molar-refractivity contribution in [3.05, 3.63) is 58.6 Å². The van der Waals surface area contributed by atoms with Gasteiger partial charge in [0.25, 0.3) is 0 Å². The zero-order valence-corrected chi connectivity index (χ0v) is 20.3. The largest absolute Gasteiger partial charge is 0.489 e. The van der Waals surface area contributed by atoms with E-state index in [0.29, 0.717) is 55.3 Å². The molecule has 0 spiro atoms. The average molecular weight is 459 g/mol. The molecule has 0 fully saturated rings. The molecule has 2 aromatic carbocycles. The lowest BCUT2D eigenvalue weighted by Gasteiger charge is -2.29. The molecule has 3 rings (SSSR count). The Morgan fingerprint density at radius 2 is 1.81 bits per heavy atom. The highest BCUT2D eigenvalue weighted by atomic mass is 35.5. The van der Waals surface area contributed by atoms with Gasteiger partial charge in [-0.25, -0.2) is 0 Å². The number of benzene rings is 2. The van der Waals surface area contributed by atoms with Crippen LogP contribution in [0.25, 0.3) is 0 Å². The number of nitrogens with zero attached hydrogens (tertiary/aromatic N) is 1. The first-order chi connectivity index (χ1) is 15.3. The van der Waals surface area contributed by atoms with Crippen LogP contribution >= 0.6 is 11.6 Å². The predicted molar refractivity (Wildman–Crippen MR) is 129 cm³/mol. The lowest BCUT2D eigenvalue weighted by molar-refractivity contribution is -0.136. The van der Waals surface area contributed by atoms with Crippen LogP contribution in [0, 0.1) is 11.8 Å². The summed E-state index contributed by atoms with van der Waals surface area (Å²) in [5.74, 6) is 1.61. The van der Waals surface area contributed by atoms with Crippen LogP contribution in [0.2, 0.25) is 5.02 Å². The molecule has 174 valence electrons. The molecule has 0 radical (unpaired) electrons. The Morgan fingerprint density at radius 1 is 1.09 bits per heavy atom. The third-order valence-corrected chi connectivity index (χ3v) is 5.86. The molecule has 1 aliphatic heterocycles. The lowest BCUT2D eigenvalue weighted by atomic mass is 10.1. The van der Waals surface area contributed by atoms with Crippen molar-refractivity contribution in [1.29, 1.82) is 0 Å². The molecule has 5 nitrogen and oxygen atoms in total. The smallest absolute Gasteiger partial charge is 0.226 e. The number of carbonyl (C=O) groups is 1. The number of hydrogen-bond acceptors (Lipinski definition) is 4. The minimum absolute atomic E-state index is 0.134. The molecule has 1 heterocycles. The third kappa shape index (κ3) is 6.63. The second-order valence-corrected chi connectivity index (χ2v) is 9.42. The molecule has 2 aromatic rings. The van der Waals surface area contributed by atoms with Crippen molar-refractivity contribution in [3.8, 4) is 11.5 Å². The minimum atomic E-state index is -0.143. The van der Waals surface area contributed by atoms with E-state index >= 15 is 0 Å².